The van der Waals surface area contributed by atoms with Gasteiger partial charge < -0.3 is 9.47 Å². The van der Waals surface area contributed by atoms with Crippen LogP contribution in [-0.4, -0.2) is 6.09 Å². The summed E-state index contributed by atoms with van der Waals surface area (Å²) in [7, 11) is 0. The third-order valence-electron chi connectivity index (χ3n) is 3.41. The molecule has 0 heterocycles. The van der Waals surface area contributed by atoms with Crippen molar-refractivity contribution in [1.29, 1.82) is 0 Å². The van der Waals surface area contributed by atoms with E-state index < -0.39 is 6.09 Å². The molecule has 3 aromatic carbocycles. The smallest absolute Gasteiger partial charge is 0.412 e. The highest BCUT2D eigenvalue weighted by atomic mass is 79.9. The fraction of sp³-hybridized carbons (Fsp3) is 0.0500. The summed E-state index contributed by atoms with van der Waals surface area (Å²) in [5, 5.41) is 3.15. The molecule has 4 nitrogen and oxygen atoms in total. The number of nitrogens with one attached hydrogen (secondary N) is 1. The van der Waals surface area contributed by atoms with Gasteiger partial charge in [-0.15, -0.1) is 0 Å². The van der Waals surface area contributed by atoms with Gasteiger partial charge in [-0.2, -0.15) is 0 Å². The van der Waals surface area contributed by atoms with E-state index >= 15 is 0 Å². The second-order valence-electron chi connectivity index (χ2n) is 5.39. The van der Waals surface area contributed by atoms with Gasteiger partial charge in [-0.25, -0.2) is 4.79 Å². The molecule has 26 heavy (non-hydrogen) atoms. The van der Waals surface area contributed by atoms with E-state index in [9.17, 15) is 4.79 Å². The quantitative estimate of drug-likeness (QED) is 0.491. The van der Waals surface area contributed by atoms with Crippen LogP contribution in [0.1, 0.15) is 5.56 Å². The standard InChI is InChI=1S/C20H15BrClNO3/c21-15-7-4-8-17(11-15)26-19-10-9-16(22)12-18(19)23-20(24)25-13-14-5-2-1-3-6-14/h1-12H,13H2,(H,23,24). The summed E-state index contributed by atoms with van der Waals surface area (Å²) in [6.45, 7) is 0.176. The number of carbonyl (C=O) groups excluding carboxylic acids is 1. The lowest BCUT2D eigenvalue weighted by Crippen LogP contribution is -2.14. The van der Waals surface area contributed by atoms with E-state index in [1.165, 1.54) is 0 Å². The molecule has 0 fully saturated rings. The summed E-state index contributed by atoms with van der Waals surface area (Å²) in [6, 6.07) is 21.8. The second-order valence-corrected chi connectivity index (χ2v) is 6.74. The summed E-state index contributed by atoms with van der Waals surface area (Å²) in [5.41, 5.74) is 1.33. The largest absolute Gasteiger partial charge is 0.455 e. The van der Waals surface area contributed by atoms with Gasteiger partial charge in [-0.1, -0.05) is 63.9 Å². The molecule has 0 spiro atoms. The summed E-state index contributed by atoms with van der Waals surface area (Å²) >= 11 is 9.44. The van der Waals surface area contributed by atoms with Crippen LogP contribution in [-0.2, 0) is 11.3 Å². The molecule has 0 saturated carbocycles. The second kappa shape index (κ2) is 8.74. The average molecular weight is 433 g/mol. The normalized spacial score (nSPS) is 10.2. The third-order valence-corrected chi connectivity index (χ3v) is 4.14. The van der Waals surface area contributed by atoms with Gasteiger partial charge >= 0.3 is 6.09 Å². The lowest BCUT2D eigenvalue weighted by atomic mass is 10.2. The fourth-order valence-electron chi connectivity index (χ4n) is 2.22. The maximum Gasteiger partial charge on any atom is 0.412 e. The van der Waals surface area contributed by atoms with Crippen LogP contribution < -0.4 is 10.1 Å². The van der Waals surface area contributed by atoms with Crippen LogP contribution in [0.2, 0.25) is 5.02 Å². The van der Waals surface area contributed by atoms with Gasteiger partial charge in [0.25, 0.3) is 0 Å². The Hall–Kier alpha value is -2.50. The van der Waals surface area contributed by atoms with Crippen LogP contribution in [0.15, 0.2) is 77.3 Å². The first-order valence-corrected chi connectivity index (χ1v) is 8.98. The van der Waals surface area contributed by atoms with Gasteiger partial charge in [0, 0.05) is 9.50 Å². The first-order chi connectivity index (χ1) is 12.6. The monoisotopic (exact) mass is 431 g/mol. The Bertz CT molecular complexity index is 903. The number of halogens is 2. The van der Waals surface area contributed by atoms with Crippen LogP contribution in [0.4, 0.5) is 10.5 Å². The molecule has 3 aromatic rings. The van der Waals surface area contributed by atoms with Crippen LogP contribution >= 0.6 is 27.5 Å². The predicted octanol–water partition coefficient (Wildman–Crippen LogP) is 6.64. The Morgan fingerprint density at radius 2 is 1.81 bits per heavy atom. The average Bonchev–Trinajstić information content (AvgIpc) is 2.63. The Kier molecular flexibility index (Phi) is 6.15. The molecule has 0 atom stereocenters. The lowest BCUT2D eigenvalue weighted by Gasteiger charge is -2.13. The molecular formula is C20H15BrClNO3. The van der Waals surface area contributed by atoms with E-state index in [2.05, 4.69) is 21.2 Å². The highest BCUT2D eigenvalue weighted by molar-refractivity contribution is 9.10. The van der Waals surface area contributed by atoms with Gasteiger partial charge in [0.1, 0.15) is 12.4 Å². The van der Waals surface area contributed by atoms with E-state index in [1.54, 1.807) is 18.2 Å². The molecular weight excluding hydrogens is 418 g/mol. The van der Waals surface area contributed by atoms with E-state index in [1.807, 2.05) is 54.6 Å². The van der Waals surface area contributed by atoms with Crippen molar-refractivity contribution in [2.24, 2.45) is 0 Å². The van der Waals surface area contributed by atoms with E-state index in [0.717, 1.165) is 10.0 Å². The summed E-state index contributed by atoms with van der Waals surface area (Å²) in [5.74, 6) is 1.09. The minimum Gasteiger partial charge on any atom is -0.455 e. The minimum absolute atomic E-state index is 0.176. The molecule has 0 aromatic heterocycles. The van der Waals surface area contributed by atoms with Gasteiger partial charge in [0.15, 0.2) is 5.75 Å². The number of carbonyl (C=O) groups is 1. The van der Waals surface area contributed by atoms with Crippen LogP contribution in [0.3, 0.4) is 0 Å². The van der Waals surface area contributed by atoms with Crippen molar-refractivity contribution < 1.29 is 14.3 Å². The molecule has 3 rings (SSSR count). The summed E-state index contributed by atoms with van der Waals surface area (Å²) in [4.78, 5) is 12.1. The zero-order valence-corrected chi connectivity index (χ0v) is 16.0. The Labute approximate surface area is 164 Å². The molecule has 1 N–H and O–H groups in total. The first kappa shape index (κ1) is 18.3. The van der Waals surface area contributed by atoms with Crippen molar-refractivity contribution in [1.82, 2.24) is 0 Å². The van der Waals surface area contributed by atoms with Crippen molar-refractivity contribution in [2.75, 3.05) is 5.32 Å². The van der Waals surface area contributed by atoms with Crippen molar-refractivity contribution in [3.05, 3.63) is 87.9 Å². The number of ether oxygens (including phenoxy) is 2. The third kappa shape index (κ3) is 5.25. The van der Waals surface area contributed by atoms with E-state index in [4.69, 9.17) is 21.1 Å². The Morgan fingerprint density at radius 3 is 2.58 bits per heavy atom. The molecule has 0 saturated heterocycles. The zero-order chi connectivity index (χ0) is 18.4. The number of anilines is 1. The van der Waals surface area contributed by atoms with E-state index in [-0.39, 0.29) is 6.61 Å². The molecule has 0 bridgehead atoms. The van der Waals surface area contributed by atoms with Crippen molar-refractivity contribution in [3.63, 3.8) is 0 Å². The van der Waals surface area contributed by atoms with Crippen molar-refractivity contribution >= 4 is 39.3 Å². The van der Waals surface area contributed by atoms with Gasteiger partial charge in [-0.3, -0.25) is 5.32 Å². The molecule has 0 radical (unpaired) electrons. The Morgan fingerprint density at radius 1 is 1.00 bits per heavy atom. The predicted molar refractivity (Wildman–Crippen MR) is 106 cm³/mol. The zero-order valence-electron chi connectivity index (χ0n) is 13.6. The molecule has 0 aliphatic rings. The van der Waals surface area contributed by atoms with Crippen molar-refractivity contribution in [3.8, 4) is 11.5 Å². The molecule has 6 heteroatoms. The molecule has 132 valence electrons. The van der Waals surface area contributed by atoms with Gasteiger partial charge in [0.2, 0.25) is 0 Å². The molecule has 0 aliphatic heterocycles. The number of hydrogen-bond acceptors (Lipinski definition) is 3. The number of hydrogen-bond donors (Lipinski definition) is 1. The maximum atomic E-state index is 12.1. The summed E-state index contributed by atoms with van der Waals surface area (Å²) in [6.07, 6.45) is -0.588. The number of rotatable bonds is 5. The van der Waals surface area contributed by atoms with Crippen molar-refractivity contribution in [2.45, 2.75) is 6.61 Å². The summed E-state index contributed by atoms with van der Waals surface area (Å²) < 4.78 is 12.0. The topological polar surface area (TPSA) is 47.6 Å². The fourth-order valence-corrected chi connectivity index (χ4v) is 2.77. The minimum atomic E-state index is -0.588. The van der Waals surface area contributed by atoms with E-state index in [0.29, 0.717) is 22.2 Å². The number of amides is 1. The molecule has 0 unspecified atom stereocenters. The van der Waals surface area contributed by atoms with Gasteiger partial charge in [-0.05, 0) is 42.0 Å². The maximum absolute atomic E-state index is 12.1. The highest BCUT2D eigenvalue weighted by Gasteiger charge is 2.11. The lowest BCUT2D eigenvalue weighted by molar-refractivity contribution is 0.155. The molecule has 1 amide bonds. The first-order valence-electron chi connectivity index (χ1n) is 7.81. The highest BCUT2D eigenvalue weighted by Crippen LogP contribution is 2.33. The Balaban J connectivity index is 1.70. The molecule has 0 aliphatic carbocycles. The van der Waals surface area contributed by atoms with Crippen LogP contribution in [0.25, 0.3) is 0 Å². The van der Waals surface area contributed by atoms with Crippen LogP contribution in [0, 0.1) is 0 Å². The SMILES string of the molecule is O=C(Nc1cc(Cl)ccc1Oc1cccc(Br)c1)OCc1ccccc1. The van der Waals surface area contributed by atoms with Gasteiger partial charge in [0.05, 0.1) is 5.69 Å². The van der Waals surface area contributed by atoms with Crippen LogP contribution in [0.5, 0.6) is 11.5 Å². The number of benzene rings is 3.